The lowest BCUT2D eigenvalue weighted by Crippen LogP contribution is -2.44. The van der Waals surface area contributed by atoms with Crippen molar-refractivity contribution in [3.05, 3.63) is 70.3 Å². The van der Waals surface area contributed by atoms with Gasteiger partial charge in [-0.2, -0.15) is 0 Å². The van der Waals surface area contributed by atoms with E-state index in [4.69, 9.17) is 21.1 Å². The molecule has 1 heterocycles. The first-order valence-electron chi connectivity index (χ1n) is 16.1. The second kappa shape index (κ2) is 16.9. The topological polar surface area (TPSA) is 91.3 Å². The lowest BCUT2D eigenvalue weighted by Gasteiger charge is -2.43. The number of methoxy groups -OCH3 is 1. The van der Waals surface area contributed by atoms with Crippen LogP contribution in [0.1, 0.15) is 67.7 Å². The number of halogens is 1. The maximum Gasteiger partial charge on any atom is 0.265 e. The minimum Gasteiger partial charge on any atom is -0.491 e. The summed E-state index contributed by atoms with van der Waals surface area (Å²) in [6.45, 7) is 5.22. The third kappa shape index (κ3) is 9.55. The Hall–Kier alpha value is -2.43. The first-order valence-corrected chi connectivity index (χ1v) is 18.0. The Bertz CT molecular complexity index is 1340. The summed E-state index contributed by atoms with van der Waals surface area (Å²) in [6.07, 6.45) is 10.7. The molecule has 1 aliphatic carbocycles. The number of aryl methyl sites for hydroxylation is 1. The third-order valence-electron chi connectivity index (χ3n) is 9.05. The van der Waals surface area contributed by atoms with Crippen LogP contribution in [0.2, 0.25) is 5.02 Å². The van der Waals surface area contributed by atoms with Gasteiger partial charge in [0.05, 0.1) is 18.4 Å². The van der Waals surface area contributed by atoms with E-state index in [9.17, 15) is 14.1 Å². The molecule has 45 heavy (non-hydrogen) atoms. The van der Waals surface area contributed by atoms with Gasteiger partial charge in [-0.05, 0) is 99.0 Å². The molecule has 1 fully saturated rings. The molecule has 1 aliphatic heterocycles. The summed E-state index contributed by atoms with van der Waals surface area (Å²) < 4.78 is 26.4. The molecule has 8 nitrogen and oxygen atoms in total. The number of nitrogens with zero attached hydrogens (tertiary/aromatic N) is 2. The maximum atomic E-state index is 12.6. The van der Waals surface area contributed by atoms with E-state index in [0.29, 0.717) is 24.0 Å². The van der Waals surface area contributed by atoms with E-state index in [-0.39, 0.29) is 12.0 Å². The molecular formula is C35H50ClN3O5S. The molecule has 0 aromatic heterocycles. The number of ether oxygens (including phenoxy) is 2. The number of benzene rings is 2. The molecule has 2 aliphatic rings. The molecule has 2 aromatic rings. The Morgan fingerprint density at radius 3 is 2.73 bits per heavy atom. The molecule has 1 saturated carbocycles. The number of carbonyl (C=O) groups is 1. The average molecular weight is 660 g/mol. The van der Waals surface area contributed by atoms with Crippen molar-refractivity contribution in [2.75, 3.05) is 58.6 Å². The summed E-state index contributed by atoms with van der Waals surface area (Å²) in [5.74, 6) is 0.929. The van der Waals surface area contributed by atoms with Crippen LogP contribution < -0.4 is 14.4 Å². The van der Waals surface area contributed by atoms with Crippen LogP contribution in [0.25, 0.3) is 0 Å². The van der Waals surface area contributed by atoms with E-state index in [1.165, 1.54) is 17.4 Å². The van der Waals surface area contributed by atoms with Crippen molar-refractivity contribution < 1.29 is 23.6 Å². The fourth-order valence-electron chi connectivity index (χ4n) is 6.44. The number of hydrogen-bond donors (Lipinski definition) is 2. The van der Waals surface area contributed by atoms with Gasteiger partial charge in [0.15, 0.2) is 6.10 Å². The summed E-state index contributed by atoms with van der Waals surface area (Å²) in [6, 6.07) is 11.6. The minimum absolute atomic E-state index is 0.0492. The van der Waals surface area contributed by atoms with Gasteiger partial charge in [-0.1, -0.05) is 49.2 Å². The van der Waals surface area contributed by atoms with Crippen LogP contribution in [0, 0.1) is 11.8 Å². The molecule has 6 atom stereocenters. The van der Waals surface area contributed by atoms with Gasteiger partial charge in [0, 0.05) is 43.9 Å². The van der Waals surface area contributed by atoms with Gasteiger partial charge < -0.3 is 24.4 Å². The first-order chi connectivity index (χ1) is 21.6. The van der Waals surface area contributed by atoms with Gasteiger partial charge >= 0.3 is 0 Å². The molecule has 6 unspecified atom stereocenters. The van der Waals surface area contributed by atoms with Crippen LogP contribution in [-0.2, 0) is 26.9 Å². The Labute approximate surface area is 276 Å². The summed E-state index contributed by atoms with van der Waals surface area (Å²) in [7, 11) is 4.38. The number of carbonyl (C=O) groups excluding carboxylic acids is 1. The second-order valence-electron chi connectivity index (χ2n) is 12.6. The van der Waals surface area contributed by atoms with Crippen LogP contribution in [0.5, 0.6) is 5.75 Å². The molecule has 2 N–H and O–H groups in total. The fourth-order valence-corrected chi connectivity index (χ4v) is 7.03. The van der Waals surface area contributed by atoms with Gasteiger partial charge in [-0.25, -0.2) is 4.21 Å². The first kappa shape index (κ1) is 35.4. The van der Waals surface area contributed by atoms with Crippen molar-refractivity contribution in [2.45, 2.75) is 63.6 Å². The zero-order valence-electron chi connectivity index (χ0n) is 27.3. The van der Waals surface area contributed by atoms with Crippen molar-refractivity contribution in [3.8, 4) is 5.75 Å². The number of anilines is 1. The highest BCUT2D eigenvalue weighted by Gasteiger charge is 2.39. The smallest absolute Gasteiger partial charge is 0.265 e. The largest absolute Gasteiger partial charge is 0.491 e. The molecule has 248 valence electrons. The predicted octanol–water partition coefficient (Wildman–Crippen LogP) is 5.66. The zero-order chi connectivity index (χ0) is 32.5. The summed E-state index contributed by atoms with van der Waals surface area (Å²) in [5, 5.41) is 11.6. The quantitative estimate of drug-likeness (QED) is 0.239. The fraction of sp³-hybridized carbons (Fsp3) is 0.571. The van der Waals surface area contributed by atoms with Gasteiger partial charge in [0.25, 0.3) is 5.91 Å². The Morgan fingerprint density at radius 1 is 1.27 bits per heavy atom. The molecule has 2 aromatic carbocycles. The van der Waals surface area contributed by atoms with E-state index in [1.807, 2.05) is 18.2 Å². The highest BCUT2D eigenvalue weighted by atomic mass is 35.5. The van der Waals surface area contributed by atoms with Crippen LogP contribution in [0.4, 0.5) is 5.69 Å². The van der Waals surface area contributed by atoms with Gasteiger partial charge in [-0.15, -0.1) is 0 Å². The Morgan fingerprint density at radius 2 is 2.07 bits per heavy atom. The lowest BCUT2D eigenvalue weighted by atomic mass is 9.70. The van der Waals surface area contributed by atoms with E-state index >= 15 is 0 Å². The molecule has 0 radical (unpaired) electrons. The number of fused-ring (bicyclic) bond motifs is 1. The second-order valence-corrected chi connectivity index (χ2v) is 14.2. The highest BCUT2D eigenvalue weighted by Crippen LogP contribution is 2.43. The van der Waals surface area contributed by atoms with Crippen LogP contribution >= 0.6 is 11.6 Å². The summed E-state index contributed by atoms with van der Waals surface area (Å²) in [4.78, 5) is 17.1. The van der Waals surface area contributed by atoms with Crippen molar-refractivity contribution in [1.82, 2.24) is 9.62 Å². The highest BCUT2D eigenvalue weighted by molar-refractivity contribution is 7.82. The molecule has 10 heteroatoms. The van der Waals surface area contributed by atoms with Gasteiger partial charge in [-0.3, -0.25) is 9.52 Å². The van der Waals surface area contributed by atoms with E-state index in [2.05, 4.69) is 59.8 Å². The van der Waals surface area contributed by atoms with Crippen molar-refractivity contribution in [2.24, 2.45) is 11.8 Å². The van der Waals surface area contributed by atoms with Gasteiger partial charge in [0.2, 0.25) is 0 Å². The maximum absolute atomic E-state index is 12.6. The van der Waals surface area contributed by atoms with Crippen molar-refractivity contribution >= 4 is 34.2 Å². The number of aliphatic hydroxyl groups is 1. The number of aliphatic hydroxyl groups excluding tert-OH is 1. The number of unbranched alkanes of at least 4 members (excludes halogenated alkanes) is 1. The van der Waals surface area contributed by atoms with Crippen LogP contribution in [-0.4, -0.2) is 79.9 Å². The Balaban J connectivity index is 1.64. The molecule has 4 rings (SSSR count). The zero-order valence-corrected chi connectivity index (χ0v) is 28.9. The normalized spacial score (nSPS) is 21.9. The van der Waals surface area contributed by atoms with Crippen molar-refractivity contribution in [1.29, 1.82) is 0 Å². The van der Waals surface area contributed by atoms with Crippen molar-refractivity contribution in [3.63, 3.8) is 0 Å². The average Bonchev–Trinajstić information content (AvgIpc) is 3.17. The summed E-state index contributed by atoms with van der Waals surface area (Å²) >= 11 is 6.45. The van der Waals surface area contributed by atoms with E-state index < -0.39 is 23.0 Å². The van der Waals surface area contributed by atoms with Gasteiger partial charge in [0.1, 0.15) is 16.7 Å². The summed E-state index contributed by atoms with van der Waals surface area (Å²) in [5.41, 5.74) is 3.79. The molecule has 1 amide bonds. The molecule has 0 spiro atoms. The van der Waals surface area contributed by atoms with Crippen LogP contribution in [0.3, 0.4) is 0 Å². The number of amides is 1. The SMILES string of the molecule is CCCCc1cc(Cl)ccc1C1COc2ccc(C(O)C(=O)NS(C)=O)cc2N(CC2CCC2C(/C=C/CCN(C)C)OC)C1. The number of hydrogen-bond acceptors (Lipinski definition) is 7. The third-order valence-corrected chi connectivity index (χ3v) is 9.78. The standard InChI is InChI=1S/C35H50ClN3O5S/c1-6-7-10-24-19-28(36)14-16-29(24)27-22-39(21-26-12-15-30(26)32(43-4)11-8-9-18-38(2)3)31-20-25(13-17-33(31)44-23-27)34(40)35(41)37-45(5)42/h8,11,13-14,16-17,19-20,26-27,30,32,34,40H,6-7,9-10,12,15,18,21-23H2,1-5H3,(H,37,41)/b11-8+. The minimum atomic E-state index is -1.58. The Kier molecular flexibility index (Phi) is 13.3. The van der Waals surface area contributed by atoms with Crippen LogP contribution in [0.15, 0.2) is 48.6 Å². The lowest BCUT2D eigenvalue weighted by molar-refractivity contribution is -0.127. The molecule has 0 bridgehead atoms. The molecular weight excluding hydrogens is 610 g/mol. The predicted molar refractivity (Wildman–Crippen MR) is 183 cm³/mol. The van der Waals surface area contributed by atoms with E-state index in [1.54, 1.807) is 13.2 Å². The number of rotatable bonds is 15. The van der Waals surface area contributed by atoms with E-state index in [0.717, 1.165) is 74.6 Å². The molecule has 0 saturated heterocycles. The monoisotopic (exact) mass is 659 g/mol. The number of nitrogens with one attached hydrogen (secondary N) is 1.